The zero-order chi connectivity index (χ0) is 23.7. The first-order valence-corrected chi connectivity index (χ1v) is 13.1. The lowest BCUT2D eigenvalue weighted by Gasteiger charge is -2.69. The maximum atomic E-state index is 12.7. The van der Waals surface area contributed by atoms with Crippen molar-refractivity contribution in [2.75, 3.05) is 19.8 Å². The summed E-state index contributed by atoms with van der Waals surface area (Å²) in [5.41, 5.74) is -0.517. The molecule has 34 heavy (non-hydrogen) atoms. The third-order valence-corrected chi connectivity index (χ3v) is 7.53. The number of nitrogens with one attached hydrogen (secondary N) is 2. The van der Waals surface area contributed by atoms with Crippen molar-refractivity contribution in [2.24, 2.45) is 5.41 Å². The molecule has 186 valence electrons. The SMILES string of the molecule is O=C(CO/C1=C/C=C\C=C/C=C\C1)NC12CC(C(=O)NCCOC3CCCCCCCC3)(C1)C2. The molecule has 5 aliphatic rings. The Morgan fingerprint density at radius 2 is 1.59 bits per heavy atom. The molecule has 5 aliphatic carbocycles. The molecule has 4 saturated carbocycles. The van der Waals surface area contributed by atoms with Gasteiger partial charge in [-0.2, -0.15) is 0 Å². The maximum absolute atomic E-state index is 12.7. The summed E-state index contributed by atoms with van der Waals surface area (Å²) >= 11 is 0. The van der Waals surface area contributed by atoms with Crippen LogP contribution in [0.4, 0.5) is 0 Å². The summed E-state index contributed by atoms with van der Waals surface area (Å²) in [6, 6.07) is 0. The minimum Gasteiger partial charge on any atom is -0.488 e. The second-order valence-corrected chi connectivity index (χ2v) is 10.4. The lowest BCUT2D eigenvalue weighted by atomic mass is 9.39. The molecule has 0 atom stereocenters. The second-order valence-electron chi connectivity index (χ2n) is 10.4. The number of hydrogen-bond donors (Lipinski definition) is 2. The number of carbonyl (C=O) groups is 2. The van der Waals surface area contributed by atoms with Crippen molar-refractivity contribution in [3.05, 3.63) is 48.3 Å². The summed E-state index contributed by atoms with van der Waals surface area (Å²) in [6.45, 7) is 1.15. The van der Waals surface area contributed by atoms with E-state index in [2.05, 4.69) is 10.6 Å². The molecule has 2 N–H and O–H groups in total. The van der Waals surface area contributed by atoms with Gasteiger partial charge >= 0.3 is 0 Å². The van der Waals surface area contributed by atoms with Crippen LogP contribution >= 0.6 is 0 Å². The number of ether oxygens (including phenoxy) is 2. The van der Waals surface area contributed by atoms with E-state index in [-0.39, 0.29) is 29.4 Å². The number of hydrogen-bond acceptors (Lipinski definition) is 4. The minimum atomic E-state index is -0.296. The van der Waals surface area contributed by atoms with Crippen molar-refractivity contribution < 1.29 is 19.1 Å². The average molecular weight is 469 g/mol. The molecule has 0 aliphatic heterocycles. The first kappa shape index (κ1) is 24.8. The number of carbonyl (C=O) groups excluding carboxylic acids is 2. The van der Waals surface area contributed by atoms with Gasteiger partial charge in [0.05, 0.1) is 18.1 Å². The van der Waals surface area contributed by atoms with Crippen LogP contribution in [0.5, 0.6) is 0 Å². The van der Waals surface area contributed by atoms with E-state index in [1.807, 2.05) is 42.5 Å². The van der Waals surface area contributed by atoms with Crippen LogP contribution in [0.2, 0.25) is 0 Å². The molecule has 0 aromatic heterocycles. The van der Waals surface area contributed by atoms with E-state index in [4.69, 9.17) is 9.47 Å². The van der Waals surface area contributed by atoms with Crippen LogP contribution in [-0.2, 0) is 19.1 Å². The van der Waals surface area contributed by atoms with Gasteiger partial charge in [-0.25, -0.2) is 0 Å². The molecule has 0 radical (unpaired) electrons. The van der Waals surface area contributed by atoms with E-state index in [0.29, 0.717) is 25.7 Å². The molecule has 2 amide bonds. The van der Waals surface area contributed by atoms with Gasteiger partial charge in [0.2, 0.25) is 5.91 Å². The zero-order valence-corrected chi connectivity index (χ0v) is 20.4. The normalized spacial score (nSPS) is 33.4. The highest BCUT2D eigenvalue weighted by Crippen LogP contribution is 2.67. The topological polar surface area (TPSA) is 76.7 Å². The van der Waals surface area contributed by atoms with Gasteiger partial charge < -0.3 is 20.1 Å². The predicted molar refractivity (Wildman–Crippen MR) is 133 cm³/mol. The average Bonchev–Trinajstić information content (AvgIpc) is 3.00. The minimum absolute atomic E-state index is 0.000391. The maximum Gasteiger partial charge on any atom is 0.258 e. The fourth-order valence-corrected chi connectivity index (χ4v) is 5.78. The van der Waals surface area contributed by atoms with Crippen LogP contribution < -0.4 is 10.6 Å². The summed E-state index contributed by atoms with van der Waals surface area (Å²) in [5.74, 6) is 0.752. The summed E-state index contributed by atoms with van der Waals surface area (Å²) in [4.78, 5) is 25.1. The Morgan fingerprint density at radius 1 is 0.912 bits per heavy atom. The Balaban J connectivity index is 1.10. The van der Waals surface area contributed by atoms with Crippen molar-refractivity contribution in [3.8, 4) is 0 Å². The summed E-state index contributed by atoms with van der Waals surface area (Å²) in [6.07, 6.45) is 26.9. The van der Waals surface area contributed by atoms with Gasteiger partial charge in [0.15, 0.2) is 6.61 Å². The second kappa shape index (κ2) is 11.9. The molecule has 6 heteroatoms. The van der Waals surface area contributed by atoms with E-state index in [1.54, 1.807) is 0 Å². The fourth-order valence-electron chi connectivity index (χ4n) is 5.78. The van der Waals surface area contributed by atoms with Crippen LogP contribution in [0.15, 0.2) is 48.3 Å². The standard InChI is InChI=1S/C28H40N2O4/c31-25(19-34-24-15-11-7-3-4-8-12-16-24)30-28-20-27(21-28,22-28)26(32)29-17-18-33-23-13-9-5-1-2-6-10-14-23/h3-4,7-8,11-12,15,23H,1-2,5-6,9-10,13-14,16-22H2,(H,29,32)(H,30,31)/b4-3-,11-7-,12-8-,24-15+. The summed E-state index contributed by atoms with van der Waals surface area (Å²) in [5, 5.41) is 6.17. The van der Waals surface area contributed by atoms with E-state index in [9.17, 15) is 9.59 Å². The van der Waals surface area contributed by atoms with Crippen LogP contribution in [0.1, 0.15) is 77.0 Å². The van der Waals surface area contributed by atoms with E-state index < -0.39 is 0 Å². The molecule has 0 heterocycles. The quantitative estimate of drug-likeness (QED) is 0.484. The highest BCUT2D eigenvalue weighted by molar-refractivity contribution is 5.88. The highest BCUT2D eigenvalue weighted by Gasteiger charge is 2.72. The number of amides is 2. The van der Waals surface area contributed by atoms with E-state index in [1.165, 1.54) is 38.5 Å². The first-order chi connectivity index (χ1) is 16.6. The zero-order valence-electron chi connectivity index (χ0n) is 20.4. The first-order valence-electron chi connectivity index (χ1n) is 13.1. The molecule has 0 spiro atoms. The van der Waals surface area contributed by atoms with Crippen molar-refractivity contribution in [1.29, 1.82) is 0 Å². The number of allylic oxidation sites excluding steroid dienone is 7. The van der Waals surface area contributed by atoms with Gasteiger partial charge in [0, 0.05) is 18.5 Å². The lowest BCUT2D eigenvalue weighted by Crippen LogP contribution is -2.78. The van der Waals surface area contributed by atoms with E-state index in [0.717, 1.165) is 37.9 Å². The Morgan fingerprint density at radius 3 is 2.35 bits per heavy atom. The summed E-state index contributed by atoms with van der Waals surface area (Å²) in [7, 11) is 0. The molecule has 4 fully saturated rings. The van der Waals surface area contributed by atoms with Gasteiger partial charge in [-0.3, -0.25) is 9.59 Å². The number of rotatable bonds is 9. The van der Waals surface area contributed by atoms with Crippen molar-refractivity contribution in [2.45, 2.75) is 88.7 Å². The Labute approximate surface area is 203 Å². The van der Waals surface area contributed by atoms with Gasteiger partial charge in [-0.1, -0.05) is 75.0 Å². The van der Waals surface area contributed by atoms with Gasteiger partial charge in [0.25, 0.3) is 5.91 Å². The van der Waals surface area contributed by atoms with E-state index >= 15 is 0 Å². The fraction of sp³-hybridized carbons (Fsp3) is 0.643. The lowest BCUT2D eigenvalue weighted by molar-refractivity contribution is -0.184. The van der Waals surface area contributed by atoms with Gasteiger partial charge in [-0.15, -0.1) is 0 Å². The largest absolute Gasteiger partial charge is 0.488 e. The van der Waals surface area contributed by atoms with Crippen molar-refractivity contribution in [1.82, 2.24) is 10.6 Å². The van der Waals surface area contributed by atoms with Crippen LogP contribution in [-0.4, -0.2) is 43.2 Å². The van der Waals surface area contributed by atoms with Gasteiger partial charge in [-0.05, 0) is 38.2 Å². The molecule has 0 aromatic carbocycles. The predicted octanol–water partition coefficient (Wildman–Crippen LogP) is 4.63. The molecule has 5 rings (SSSR count). The molecule has 0 aromatic rings. The molecular weight excluding hydrogens is 428 g/mol. The monoisotopic (exact) mass is 468 g/mol. The van der Waals surface area contributed by atoms with Crippen LogP contribution in [0.25, 0.3) is 0 Å². The Hall–Kier alpha value is -2.34. The Bertz CT molecular complexity index is 812. The van der Waals surface area contributed by atoms with Crippen LogP contribution in [0, 0.1) is 5.41 Å². The van der Waals surface area contributed by atoms with Crippen molar-refractivity contribution in [3.63, 3.8) is 0 Å². The molecule has 0 saturated heterocycles. The Kier molecular flexibility index (Phi) is 8.65. The van der Waals surface area contributed by atoms with Crippen LogP contribution in [0.3, 0.4) is 0 Å². The van der Waals surface area contributed by atoms with Crippen molar-refractivity contribution >= 4 is 11.8 Å². The highest BCUT2D eigenvalue weighted by atomic mass is 16.5. The molecule has 2 bridgehead atoms. The third-order valence-electron chi connectivity index (χ3n) is 7.53. The third kappa shape index (κ3) is 6.62. The summed E-state index contributed by atoms with van der Waals surface area (Å²) < 4.78 is 11.8. The molecule has 0 unspecified atom stereocenters. The molecule has 6 nitrogen and oxygen atoms in total. The smallest absolute Gasteiger partial charge is 0.258 e. The molecular formula is C28H40N2O4. The van der Waals surface area contributed by atoms with Gasteiger partial charge in [0.1, 0.15) is 5.76 Å².